The van der Waals surface area contributed by atoms with E-state index in [9.17, 15) is 9.59 Å². The Bertz CT molecular complexity index is 862. The number of benzene rings is 2. The Hall–Kier alpha value is -2.38. The van der Waals surface area contributed by atoms with Crippen LogP contribution < -0.4 is 15.4 Å². The number of amides is 2. The number of anilines is 1. The Morgan fingerprint density at radius 3 is 2.52 bits per heavy atom. The Kier molecular flexibility index (Phi) is 8.22. The zero-order chi connectivity index (χ0) is 21.4. The van der Waals surface area contributed by atoms with Crippen molar-refractivity contribution in [1.82, 2.24) is 5.32 Å². The van der Waals surface area contributed by atoms with E-state index in [0.717, 1.165) is 10.0 Å². The lowest BCUT2D eigenvalue weighted by Crippen LogP contribution is -2.29. The summed E-state index contributed by atoms with van der Waals surface area (Å²) in [5.74, 6) is 0.0353. The number of carbonyl (C=O) groups is 2. The van der Waals surface area contributed by atoms with Crippen LogP contribution in [0.15, 0.2) is 46.9 Å². The van der Waals surface area contributed by atoms with E-state index < -0.39 is 0 Å². The number of nitrogens with one attached hydrogen (secondary N) is 2. The Morgan fingerprint density at radius 1 is 1.10 bits per heavy atom. The molecule has 0 aliphatic heterocycles. The minimum atomic E-state index is -0.343. The molecule has 0 radical (unpaired) electrons. The van der Waals surface area contributed by atoms with E-state index in [1.165, 1.54) is 0 Å². The molecule has 2 aromatic rings. The molecule has 0 atom stereocenters. The first-order chi connectivity index (χ1) is 13.7. The van der Waals surface area contributed by atoms with Gasteiger partial charge in [-0.15, -0.1) is 0 Å². The van der Waals surface area contributed by atoms with Gasteiger partial charge in [0, 0.05) is 23.7 Å². The highest BCUT2D eigenvalue weighted by atomic mass is 79.9. The maximum atomic E-state index is 12.5. The fourth-order valence-corrected chi connectivity index (χ4v) is 3.06. The van der Waals surface area contributed by atoms with Crippen LogP contribution in [0.5, 0.6) is 5.75 Å². The second-order valence-corrected chi connectivity index (χ2v) is 8.44. The topological polar surface area (TPSA) is 76.7 Å². The van der Waals surface area contributed by atoms with Gasteiger partial charge in [0.05, 0.1) is 17.9 Å². The summed E-state index contributed by atoms with van der Waals surface area (Å²) < 4.78 is 11.7. The molecule has 29 heavy (non-hydrogen) atoms. The molecule has 156 valence electrons. The SMILES string of the molecule is COCCNC(=O)c1ccccc1NC(=O)COc1ccc(Br)cc1C(C)(C)C. The molecule has 0 unspecified atom stereocenters. The normalized spacial score (nSPS) is 11.1. The van der Waals surface area contributed by atoms with Crippen LogP contribution in [-0.4, -0.2) is 38.7 Å². The molecule has 2 N–H and O–H groups in total. The Morgan fingerprint density at radius 2 is 1.83 bits per heavy atom. The molecule has 0 heterocycles. The van der Waals surface area contributed by atoms with Gasteiger partial charge in [-0.2, -0.15) is 0 Å². The van der Waals surface area contributed by atoms with E-state index >= 15 is 0 Å². The minimum absolute atomic E-state index is 0.136. The first kappa shape index (κ1) is 22.9. The monoisotopic (exact) mass is 462 g/mol. The average molecular weight is 463 g/mol. The third kappa shape index (κ3) is 6.87. The molecule has 0 aliphatic rings. The van der Waals surface area contributed by atoms with Gasteiger partial charge < -0.3 is 20.1 Å². The van der Waals surface area contributed by atoms with Crippen LogP contribution in [0, 0.1) is 0 Å². The third-order valence-electron chi connectivity index (χ3n) is 4.15. The number of carbonyl (C=O) groups excluding carboxylic acids is 2. The Balaban J connectivity index is 2.05. The van der Waals surface area contributed by atoms with Gasteiger partial charge in [-0.25, -0.2) is 0 Å². The highest BCUT2D eigenvalue weighted by Gasteiger charge is 2.20. The fraction of sp³-hybridized carbons (Fsp3) is 0.364. The molecule has 0 fully saturated rings. The molecule has 2 rings (SSSR count). The predicted octanol–water partition coefficient (Wildman–Crippen LogP) is 4.14. The zero-order valence-corrected chi connectivity index (χ0v) is 18.8. The number of methoxy groups -OCH3 is 1. The minimum Gasteiger partial charge on any atom is -0.483 e. The summed E-state index contributed by atoms with van der Waals surface area (Å²) in [6.07, 6.45) is 0. The molecule has 0 aromatic heterocycles. The smallest absolute Gasteiger partial charge is 0.262 e. The van der Waals surface area contributed by atoms with Gasteiger partial charge in [0.25, 0.3) is 11.8 Å². The van der Waals surface area contributed by atoms with Crippen molar-refractivity contribution in [2.24, 2.45) is 0 Å². The lowest BCUT2D eigenvalue weighted by Gasteiger charge is -2.23. The average Bonchev–Trinajstić information content (AvgIpc) is 2.67. The van der Waals surface area contributed by atoms with Crippen LogP contribution in [0.2, 0.25) is 0 Å². The maximum Gasteiger partial charge on any atom is 0.262 e. The quantitative estimate of drug-likeness (QED) is 0.577. The molecule has 0 spiro atoms. The number of para-hydroxylation sites is 1. The molecule has 6 nitrogen and oxygen atoms in total. The maximum absolute atomic E-state index is 12.5. The van der Waals surface area contributed by atoms with Crippen molar-refractivity contribution in [2.75, 3.05) is 32.2 Å². The largest absolute Gasteiger partial charge is 0.483 e. The molecule has 0 saturated heterocycles. The van der Waals surface area contributed by atoms with E-state index in [0.29, 0.717) is 30.2 Å². The van der Waals surface area contributed by atoms with Gasteiger partial charge in [-0.1, -0.05) is 48.8 Å². The molecule has 2 amide bonds. The molecule has 2 aromatic carbocycles. The fourth-order valence-electron chi connectivity index (χ4n) is 2.70. The number of halogens is 1. The first-order valence-electron chi connectivity index (χ1n) is 9.31. The lowest BCUT2D eigenvalue weighted by atomic mass is 9.86. The summed E-state index contributed by atoms with van der Waals surface area (Å²) in [5.41, 5.74) is 1.68. The van der Waals surface area contributed by atoms with Gasteiger partial charge in [0.15, 0.2) is 6.61 Å². The first-order valence-corrected chi connectivity index (χ1v) is 10.1. The van der Waals surface area contributed by atoms with E-state index in [-0.39, 0.29) is 23.8 Å². The van der Waals surface area contributed by atoms with Crippen LogP contribution >= 0.6 is 15.9 Å². The van der Waals surface area contributed by atoms with Gasteiger partial charge in [0.1, 0.15) is 5.75 Å². The number of rotatable bonds is 8. The number of ether oxygens (including phenoxy) is 2. The van der Waals surface area contributed by atoms with E-state index in [1.807, 2.05) is 18.2 Å². The molecule has 7 heteroatoms. The predicted molar refractivity (Wildman–Crippen MR) is 118 cm³/mol. The van der Waals surface area contributed by atoms with Crippen molar-refractivity contribution in [3.05, 3.63) is 58.1 Å². The standard InChI is InChI=1S/C22H27BrN2O4/c1-22(2,3)17-13-15(23)9-10-19(17)29-14-20(26)25-18-8-6-5-7-16(18)21(27)24-11-12-28-4/h5-10,13H,11-12,14H2,1-4H3,(H,24,27)(H,25,26). The van der Waals surface area contributed by atoms with Crippen molar-refractivity contribution >= 4 is 33.4 Å². The van der Waals surface area contributed by atoms with E-state index in [2.05, 4.69) is 47.3 Å². The molecular weight excluding hydrogens is 436 g/mol. The summed E-state index contributed by atoms with van der Waals surface area (Å²) in [4.78, 5) is 24.8. The van der Waals surface area contributed by atoms with Crippen molar-refractivity contribution < 1.29 is 19.1 Å². The van der Waals surface area contributed by atoms with Crippen molar-refractivity contribution in [1.29, 1.82) is 0 Å². The van der Waals surface area contributed by atoms with Gasteiger partial charge in [-0.3, -0.25) is 9.59 Å². The van der Waals surface area contributed by atoms with E-state index in [1.54, 1.807) is 31.4 Å². The summed E-state index contributed by atoms with van der Waals surface area (Å²) in [7, 11) is 1.57. The second-order valence-electron chi connectivity index (χ2n) is 7.52. The van der Waals surface area contributed by atoms with Crippen LogP contribution in [-0.2, 0) is 14.9 Å². The Labute approximate surface area is 180 Å². The molecular formula is C22H27BrN2O4. The number of hydrogen-bond donors (Lipinski definition) is 2. The number of hydrogen-bond acceptors (Lipinski definition) is 4. The van der Waals surface area contributed by atoms with Crippen molar-refractivity contribution in [3.8, 4) is 5.75 Å². The van der Waals surface area contributed by atoms with Gasteiger partial charge >= 0.3 is 0 Å². The highest BCUT2D eigenvalue weighted by Crippen LogP contribution is 2.33. The second kappa shape index (κ2) is 10.4. The summed E-state index contributed by atoms with van der Waals surface area (Å²) in [6, 6.07) is 12.6. The van der Waals surface area contributed by atoms with Crippen LogP contribution in [0.1, 0.15) is 36.7 Å². The third-order valence-corrected chi connectivity index (χ3v) is 4.64. The summed E-state index contributed by atoms with van der Waals surface area (Å²) in [6.45, 7) is 6.89. The molecule has 0 bridgehead atoms. The summed E-state index contributed by atoms with van der Waals surface area (Å²) in [5, 5.41) is 5.51. The van der Waals surface area contributed by atoms with Crippen molar-refractivity contribution in [3.63, 3.8) is 0 Å². The molecule has 0 saturated carbocycles. The van der Waals surface area contributed by atoms with Crippen molar-refractivity contribution in [2.45, 2.75) is 26.2 Å². The van der Waals surface area contributed by atoms with Gasteiger partial charge in [0.2, 0.25) is 0 Å². The van der Waals surface area contributed by atoms with E-state index in [4.69, 9.17) is 9.47 Å². The lowest BCUT2D eigenvalue weighted by molar-refractivity contribution is -0.118. The van der Waals surface area contributed by atoms with Crippen LogP contribution in [0.25, 0.3) is 0 Å². The summed E-state index contributed by atoms with van der Waals surface area (Å²) >= 11 is 3.48. The highest BCUT2D eigenvalue weighted by molar-refractivity contribution is 9.10. The van der Waals surface area contributed by atoms with Crippen LogP contribution in [0.3, 0.4) is 0 Å². The molecule has 0 aliphatic carbocycles. The zero-order valence-electron chi connectivity index (χ0n) is 17.2. The van der Waals surface area contributed by atoms with Gasteiger partial charge in [-0.05, 0) is 35.7 Å². The van der Waals surface area contributed by atoms with Crippen LogP contribution in [0.4, 0.5) is 5.69 Å².